The second-order valence-corrected chi connectivity index (χ2v) is 20.2. The highest BCUT2D eigenvalue weighted by Crippen LogP contribution is 2.89. The molecule has 0 aromatic heterocycles. The molecule has 8 aliphatic rings. The Balaban J connectivity index is 0.974. The summed E-state index contributed by atoms with van der Waals surface area (Å²) in [4.78, 5) is 15.2. The number of carbonyl (C=O) groups is 1. The van der Waals surface area contributed by atoms with Gasteiger partial charge in [0.1, 0.15) is 6.10 Å². The molecule has 9 heteroatoms. The lowest BCUT2D eigenvalue weighted by molar-refractivity contribution is -0.248. The predicted molar refractivity (Wildman–Crippen MR) is 188 cm³/mol. The van der Waals surface area contributed by atoms with Crippen LogP contribution in [0.25, 0.3) is 0 Å². The quantitative estimate of drug-likeness (QED) is 0.341. The summed E-state index contributed by atoms with van der Waals surface area (Å²) in [7, 11) is 0. The standard InChI is InChI=1S/C41H67NO8/c1-24-20-26(34(44)37(4,5)46)49-33-32(24)38(6)14-15-41-23-40(41)13-10-29(36(2,3)27(40)8-9-28(41)39(38,7)35(33)45)50-31-22-42(16-19-48-31)30(43)21-25-11-17-47-18-12-25/h24-29,31-35,44-46H,8-23H2,1-7H3/t24-,26?,27+,28?,29?,31+,32+,33?,34+,35+,38-,39-,40-,41+/m1/s1. The van der Waals surface area contributed by atoms with Crippen molar-refractivity contribution in [3.8, 4) is 0 Å². The van der Waals surface area contributed by atoms with Crippen molar-refractivity contribution in [1.82, 2.24) is 4.90 Å². The fraction of sp³-hybridized carbons (Fsp3) is 0.976. The van der Waals surface area contributed by atoms with Crippen molar-refractivity contribution in [3.63, 3.8) is 0 Å². The van der Waals surface area contributed by atoms with Crippen LogP contribution in [0.4, 0.5) is 0 Å². The van der Waals surface area contributed by atoms with Crippen molar-refractivity contribution >= 4 is 5.91 Å². The number of ether oxygens (including phenoxy) is 4. The SMILES string of the molecule is C[C@@H]1CC([C@H](O)C(C)(C)O)OC2[C@H]1[C@@]1(C)CC[C@@]34C[C@@]35CCC(O[C@H]3CN(C(=O)CC6CCOCC6)CCO3)C(C)(C)[C@@H]5CCC4[C@]1(C)[C@H]2O. The van der Waals surface area contributed by atoms with Crippen LogP contribution in [0.3, 0.4) is 0 Å². The number of nitrogens with zero attached hydrogens (tertiary/aromatic N) is 1. The maximum absolute atomic E-state index is 13.3. The summed E-state index contributed by atoms with van der Waals surface area (Å²) in [5, 5.41) is 34.2. The molecule has 3 aliphatic heterocycles. The van der Waals surface area contributed by atoms with Crippen LogP contribution < -0.4 is 0 Å². The molecule has 0 radical (unpaired) electrons. The highest BCUT2D eigenvalue weighted by atomic mass is 16.7. The van der Waals surface area contributed by atoms with Crippen molar-refractivity contribution in [3.05, 3.63) is 0 Å². The molecule has 14 atom stereocenters. The molecule has 1 amide bonds. The lowest BCUT2D eigenvalue weighted by Crippen LogP contribution is -2.60. The number of amides is 1. The molecule has 4 unspecified atom stereocenters. The second kappa shape index (κ2) is 12.1. The Hall–Kier alpha value is -0.810. The van der Waals surface area contributed by atoms with Crippen LogP contribution in [-0.4, -0.2) is 101 Å². The molecule has 9 nitrogen and oxygen atoms in total. The minimum absolute atomic E-state index is 0.0213. The third-order valence-corrected chi connectivity index (χ3v) is 17.3. The largest absolute Gasteiger partial charge is 0.390 e. The van der Waals surface area contributed by atoms with Gasteiger partial charge in [-0.25, -0.2) is 0 Å². The molecule has 2 spiro atoms. The van der Waals surface area contributed by atoms with Gasteiger partial charge in [-0.2, -0.15) is 0 Å². The molecule has 284 valence electrons. The van der Waals surface area contributed by atoms with Crippen molar-refractivity contribution in [1.29, 1.82) is 0 Å². The molecule has 50 heavy (non-hydrogen) atoms. The summed E-state index contributed by atoms with van der Waals surface area (Å²) in [5.74, 6) is 2.15. The molecule has 3 heterocycles. The van der Waals surface area contributed by atoms with Crippen LogP contribution >= 0.6 is 0 Å². The average Bonchev–Trinajstić information content (AvgIpc) is 3.70. The molecular weight excluding hydrogens is 634 g/mol. The number of carbonyl (C=O) groups excluding carboxylic acids is 1. The number of aliphatic hydroxyl groups is 3. The average molecular weight is 702 g/mol. The van der Waals surface area contributed by atoms with E-state index >= 15 is 0 Å². The summed E-state index contributed by atoms with van der Waals surface area (Å²) >= 11 is 0. The van der Waals surface area contributed by atoms with Gasteiger partial charge in [-0.05, 0) is 129 Å². The third kappa shape index (κ3) is 5.05. The molecule has 0 aromatic rings. The highest BCUT2D eigenvalue weighted by Gasteiger charge is 2.84. The van der Waals surface area contributed by atoms with Crippen molar-refractivity contribution in [2.45, 2.75) is 162 Å². The normalized spacial score (nSPS) is 50.7. The fourth-order valence-electron chi connectivity index (χ4n) is 14.7. The van der Waals surface area contributed by atoms with Gasteiger partial charge in [0.05, 0.1) is 43.2 Å². The van der Waals surface area contributed by atoms with Crippen LogP contribution in [0.2, 0.25) is 0 Å². The van der Waals surface area contributed by atoms with E-state index in [0.717, 1.165) is 58.2 Å². The maximum atomic E-state index is 13.3. The van der Waals surface area contributed by atoms with Crippen LogP contribution in [0.15, 0.2) is 0 Å². The Bertz CT molecular complexity index is 1310. The molecule has 0 aromatic carbocycles. The lowest BCUT2D eigenvalue weighted by atomic mass is 9.41. The predicted octanol–water partition coefficient (Wildman–Crippen LogP) is 5.32. The summed E-state index contributed by atoms with van der Waals surface area (Å²) in [6.45, 7) is 18.5. The number of fused-ring (bicyclic) bond motifs is 4. The van der Waals surface area contributed by atoms with E-state index in [0.29, 0.717) is 50.3 Å². The number of hydrogen-bond acceptors (Lipinski definition) is 8. The van der Waals surface area contributed by atoms with E-state index in [2.05, 4.69) is 34.6 Å². The zero-order chi connectivity index (χ0) is 35.6. The van der Waals surface area contributed by atoms with Crippen LogP contribution in [0.1, 0.15) is 119 Å². The van der Waals surface area contributed by atoms with Gasteiger partial charge in [0.15, 0.2) is 6.29 Å². The summed E-state index contributed by atoms with van der Waals surface area (Å²) in [6, 6.07) is 0. The van der Waals surface area contributed by atoms with Crippen molar-refractivity contribution < 1.29 is 39.1 Å². The van der Waals surface area contributed by atoms with E-state index in [1.807, 2.05) is 4.90 Å². The Labute approximate surface area is 300 Å². The first-order valence-corrected chi connectivity index (χ1v) is 20.4. The lowest BCUT2D eigenvalue weighted by Gasteiger charge is -2.64. The molecule has 3 N–H and O–H groups in total. The first kappa shape index (κ1) is 36.2. The van der Waals surface area contributed by atoms with Gasteiger partial charge >= 0.3 is 0 Å². The Morgan fingerprint density at radius 2 is 1.68 bits per heavy atom. The van der Waals surface area contributed by atoms with Gasteiger partial charge in [0, 0.05) is 31.6 Å². The maximum Gasteiger partial charge on any atom is 0.223 e. The van der Waals surface area contributed by atoms with Gasteiger partial charge in [0.25, 0.3) is 0 Å². The number of morpholine rings is 1. The van der Waals surface area contributed by atoms with E-state index in [4.69, 9.17) is 18.9 Å². The first-order chi connectivity index (χ1) is 23.5. The Morgan fingerprint density at radius 1 is 0.980 bits per heavy atom. The molecule has 8 fully saturated rings. The van der Waals surface area contributed by atoms with Gasteiger partial charge in [-0.15, -0.1) is 0 Å². The van der Waals surface area contributed by atoms with Gasteiger partial charge in [-0.1, -0.05) is 34.6 Å². The third-order valence-electron chi connectivity index (χ3n) is 17.3. The summed E-state index contributed by atoms with van der Waals surface area (Å²) < 4.78 is 25.3. The van der Waals surface area contributed by atoms with Crippen molar-refractivity contribution in [2.24, 2.45) is 56.7 Å². The monoisotopic (exact) mass is 701 g/mol. The highest BCUT2D eigenvalue weighted by molar-refractivity contribution is 5.76. The summed E-state index contributed by atoms with van der Waals surface area (Å²) in [5.41, 5.74) is -1.08. The Morgan fingerprint density at radius 3 is 2.40 bits per heavy atom. The fourth-order valence-corrected chi connectivity index (χ4v) is 14.7. The molecule has 5 aliphatic carbocycles. The van der Waals surface area contributed by atoms with E-state index in [9.17, 15) is 20.1 Å². The Kier molecular flexibility index (Phi) is 8.75. The van der Waals surface area contributed by atoms with E-state index < -0.39 is 23.9 Å². The van der Waals surface area contributed by atoms with Crippen LogP contribution in [0.5, 0.6) is 0 Å². The number of hydrogen-bond donors (Lipinski definition) is 3. The van der Waals surface area contributed by atoms with Gasteiger partial charge in [0.2, 0.25) is 5.91 Å². The number of aliphatic hydroxyl groups excluding tert-OH is 2. The first-order valence-electron chi connectivity index (χ1n) is 20.4. The minimum atomic E-state index is -1.26. The molecular formula is C41H67NO8. The summed E-state index contributed by atoms with van der Waals surface area (Å²) in [6.07, 6.45) is 8.56. The van der Waals surface area contributed by atoms with Crippen LogP contribution in [-0.2, 0) is 23.7 Å². The van der Waals surface area contributed by atoms with E-state index in [-0.39, 0.29) is 63.3 Å². The zero-order valence-electron chi connectivity index (χ0n) is 32.0. The van der Waals surface area contributed by atoms with Crippen LogP contribution in [0, 0.1) is 56.7 Å². The zero-order valence-corrected chi connectivity index (χ0v) is 32.0. The van der Waals surface area contributed by atoms with E-state index in [1.165, 1.54) is 12.8 Å². The smallest absolute Gasteiger partial charge is 0.223 e. The van der Waals surface area contributed by atoms with Gasteiger partial charge < -0.3 is 39.2 Å². The molecule has 3 saturated heterocycles. The van der Waals surface area contributed by atoms with Gasteiger partial charge in [-0.3, -0.25) is 4.79 Å². The molecule has 0 bridgehead atoms. The topological polar surface area (TPSA) is 118 Å². The molecule has 8 rings (SSSR count). The van der Waals surface area contributed by atoms with Crippen molar-refractivity contribution in [2.75, 3.05) is 32.9 Å². The molecule has 5 saturated carbocycles. The second-order valence-electron chi connectivity index (χ2n) is 20.2. The minimum Gasteiger partial charge on any atom is -0.390 e. The number of rotatable bonds is 6. The van der Waals surface area contributed by atoms with E-state index in [1.54, 1.807) is 13.8 Å².